The SMILES string of the molecule is C[C@@H](Nc1ccccc1C(=O)NC[C@H]1CCCO1)C(=O)Nc1sccc1C#N. The van der Waals surface area contributed by atoms with Crippen LogP contribution in [-0.4, -0.2) is 37.1 Å². The van der Waals surface area contributed by atoms with Crippen LogP contribution in [0.15, 0.2) is 35.7 Å². The standard InChI is InChI=1S/C20H22N4O3S/c1-13(18(25)24-20-14(11-21)8-10-28-20)23-17-7-3-2-6-16(17)19(26)22-12-15-5-4-9-27-15/h2-3,6-8,10,13,15,23H,4-5,9,12H2,1H3,(H,22,26)(H,24,25)/t13-,15-/m1/s1. The number of anilines is 2. The Morgan fingerprint density at radius 2 is 2.18 bits per heavy atom. The van der Waals surface area contributed by atoms with E-state index < -0.39 is 6.04 Å². The molecular formula is C20H22N4O3S. The quantitative estimate of drug-likeness (QED) is 0.665. The lowest BCUT2D eigenvalue weighted by molar-refractivity contribution is -0.116. The summed E-state index contributed by atoms with van der Waals surface area (Å²) < 4.78 is 5.53. The maximum Gasteiger partial charge on any atom is 0.253 e. The number of nitrogens with one attached hydrogen (secondary N) is 3. The fourth-order valence-corrected chi connectivity index (χ4v) is 3.67. The first-order valence-electron chi connectivity index (χ1n) is 9.12. The summed E-state index contributed by atoms with van der Waals surface area (Å²) in [7, 11) is 0. The minimum absolute atomic E-state index is 0.0638. The summed E-state index contributed by atoms with van der Waals surface area (Å²) in [4.78, 5) is 25.0. The zero-order chi connectivity index (χ0) is 19.9. The smallest absolute Gasteiger partial charge is 0.253 e. The number of rotatable bonds is 7. The minimum atomic E-state index is -0.597. The lowest BCUT2D eigenvalue weighted by Gasteiger charge is -2.18. The Labute approximate surface area is 167 Å². The number of hydrogen-bond donors (Lipinski definition) is 3. The minimum Gasteiger partial charge on any atom is -0.376 e. The van der Waals surface area contributed by atoms with Crippen LogP contribution in [0.4, 0.5) is 10.7 Å². The van der Waals surface area contributed by atoms with Gasteiger partial charge in [0.15, 0.2) is 0 Å². The molecule has 0 aliphatic carbocycles. The van der Waals surface area contributed by atoms with Gasteiger partial charge in [0.25, 0.3) is 5.91 Å². The van der Waals surface area contributed by atoms with Gasteiger partial charge in [0.05, 0.1) is 17.2 Å². The molecule has 1 aliphatic heterocycles. The maximum absolute atomic E-state index is 12.6. The number of nitriles is 1. The second-order valence-electron chi connectivity index (χ2n) is 6.52. The molecule has 7 nitrogen and oxygen atoms in total. The molecule has 1 aromatic carbocycles. The van der Waals surface area contributed by atoms with Crippen LogP contribution in [0.2, 0.25) is 0 Å². The molecule has 1 aliphatic rings. The molecule has 8 heteroatoms. The summed E-state index contributed by atoms with van der Waals surface area (Å²) in [6.07, 6.45) is 2.03. The number of carbonyl (C=O) groups is 2. The van der Waals surface area contributed by atoms with E-state index in [1.807, 2.05) is 6.07 Å². The molecule has 2 heterocycles. The van der Waals surface area contributed by atoms with Gasteiger partial charge in [0.2, 0.25) is 5.91 Å². The van der Waals surface area contributed by atoms with E-state index in [1.165, 1.54) is 11.3 Å². The van der Waals surface area contributed by atoms with Crippen molar-refractivity contribution in [2.75, 3.05) is 23.8 Å². The lowest BCUT2D eigenvalue weighted by Crippen LogP contribution is -2.34. The topological polar surface area (TPSA) is 103 Å². The Morgan fingerprint density at radius 1 is 1.36 bits per heavy atom. The molecule has 0 bridgehead atoms. The Balaban J connectivity index is 1.62. The largest absolute Gasteiger partial charge is 0.376 e. The third-order valence-electron chi connectivity index (χ3n) is 4.47. The highest BCUT2D eigenvalue weighted by Crippen LogP contribution is 2.23. The van der Waals surface area contributed by atoms with Crippen LogP contribution in [0, 0.1) is 11.3 Å². The van der Waals surface area contributed by atoms with Crippen molar-refractivity contribution in [1.82, 2.24) is 5.32 Å². The van der Waals surface area contributed by atoms with Gasteiger partial charge in [-0.25, -0.2) is 0 Å². The Bertz CT molecular complexity index is 884. The van der Waals surface area contributed by atoms with Gasteiger partial charge < -0.3 is 20.7 Å². The number of hydrogen-bond acceptors (Lipinski definition) is 6. The third-order valence-corrected chi connectivity index (χ3v) is 5.30. The summed E-state index contributed by atoms with van der Waals surface area (Å²) in [5.41, 5.74) is 1.47. The van der Waals surface area contributed by atoms with E-state index in [0.717, 1.165) is 19.4 Å². The molecular weight excluding hydrogens is 376 g/mol. The van der Waals surface area contributed by atoms with Crippen molar-refractivity contribution < 1.29 is 14.3 Å². The van der Waals surface area contributed by atoms with Crippen LogP contribution >= 0.6 is 11.3 Å². The normalized spacial score (nSPS) is 16.8. The molecule has 0 saturated carbocycles. The molecule has 2 atom stereocenters. The zero-order valence-corrected chi connectivity index (χ0v) is 16.3. The molecule has 3 N–H and O–H groups in total. The highest BCUT2D eigenvalue weighted by molar-refractivity contribution is 7.14. The lowest BCUT2D eigenvalue weighted by atomic mass is 10.1. The van der Waals surface area contributed by atoms with E-state index in [0.29, 0.717) is 28.4 Å². The van der Waals surface area contributed by atoms with Crippen LogP contribution in [-0.2, 0) is 9.53 Å². The van der Waals surface area contributed by atoms with Crippen LogP contribution in [0.3, 0.4) is 0 Å². The fraction of sp³-hybridized carbons (Fsp3) is 0.350. The molecule has 0 radical (unpaired) electrons. The molecule has 1 fully saturated rings. The zero-order valence-electron chi connectivity index (χ0n) is 15.5. The van der Waals surface area contributed by atoms with E-state index in [-0.39, 0.29) is 17.9 Å². The summed E-state index contributed by atoms with van der Waals surface area (Å²) in [5, 5.41) is 20.1. The number of amides is 2. The van der Waals surface area contributed by atoms with Crippen LogP contribution in [0.1, 0.15) is 35.7 Å². The van der Waals surface area contributed by atoms with Crippen molar-refractivity contribution in [3.8, 4) is 6.07 Å². The molecule has 2 aromatic rings. The monoisotopic (exact) mass is 398 g/mol. The molecule has 146 valence electrons. The molecule has 1 saturated heterocycles. The van der Waals surface area contributed by atoms with E-state index in [4.69, 9.17) is 10.00 Å². The fourth-order valence-electron chi connectivity index (χ4n) is 2.93. The first-order chi connectivity index (χ1) is 13.6. The summed E-state index contributed by atoms with van der Waals surface area (Å²) >= 11 is 1.29. The van der Waals surface area contributed by atoms with Crippen molar-refractivity contribution in [3.05, 3.63) is 46.8 Å². The van der Waals surface area contributed by atoms with Gasteiger partial charge in [0.1, 0.15) is 17.1 Å². The average Bonchev–Trinajstić information content (AvgIpc) is 3.38. The van der Waals surface area contributed by atoms with Crippen LogP contribution in [0.25, 0.3) is 0 Å². The molecule has 28 heavy (non-hydrogen) atoms. The highest BCUT2D eigenvalue weighted by atomic mass is 32.1. The van der Waals surface area contributed by atoms with Crippen LogP contribution in [0.5, 0.6) is 0 Å². The van der Waals surface area contributed by atoms with Gasteiger partial charge in [-0.1, -0.05) is 12.1 Å². The molecule has 0 unspecified atom stereocenters. The van der Waals surface area contributed by atoms with Gasteiger partial charge in [0, 0.05) is 18.8 Å². The highest BCUT2D eigenvalue weighted by Gasteiger charge is 2.20. The number of para-hydroxylation sites is 1. The van der Waals surface area contributed by atoms with Gasteiger partial charge in [-0.3, -0.25) is 9.59 Å². The van der Waals surface area contributed by atoms with E-state index in [1.54, 1.807) is 42.6 Å². The van der Waals surface area contributed by atoms with Gasteiger partial charge in [-0.05, 0) is 43.3 Å². The molecule has 0 spiro atoms. The van der Waals surface area contributed by atoms with Gasteiger partial charge in [-0.2, -0.15) is 5.26 Å². The summed E-state index contributed by atoms with van der Waals surface area (Å²) in [5.74, 6) is -0.496. The van der Waals surface area contributed by atoms with Crippen molar-refractivity contribution in [2.24, 2.45) is 0 Å². The molecule has 3 rings (SSSR count). The van der Waals surface area contributed by atoms with E-state index in [2.05, 4.69) is 16.0 Å². The average molecular weight is 398 g/mol. The number of carbonyl (C=O) groups excluding carboxylic acids is 2. The Hall–Kier alpha value is -2.89. The Morgan fingerprint density at radius 3 is 2.93 bits per heavy atom. The number of thiophene rings is 1. The summed E-state index contributed by atoms with van der Waals surface area (Å²) in [6, 6.07) is 10.2. The van der Waals surface area contributed by atoms with Crippen LogP contribution < -0.4 is 16.0 Å². The summed E-state index contributed by atoms with van der Waals surface area (Å²) in [6.45, 7) is 2.91. The van der Waals surface area contributed by atoms with Gasteiger partial charge in [-0.15, -0.1) is 11.3 Å². The van der Waals surface area contributed by atoms with Gasteiger partial charge >= 0.3 is 0 Å². The molecule has 2 amide bonds. The number of nitrogens with zero attached hydrogens (tertiary/aromatic N) is 1. The molecule has 1 aromatic heterocycles. The first kappa shape index (κ1) is 19.9. The predicted octanol–water partition coefficient (Wildman–Crippen LogP) is 2.97. The second-order valence-corrected chi connectivity index (χ2v) is 7.44. The second kappa shape index (κ2) is 9.35. The number of benzene rings is 1. The van der Waals surface area contributed by atoms with E-state index >= 15 is 0 Å². The van der Waals surface area contributed by atoms with Crippen molar-refractivity contribution >= 4 is 33.8 Å². The van der Waals surface area contributed by atoms with Crippen molar-refractivity contribution in [1.29, 1.82) is 5.26 Å². The first-order valence-corrected chi connectivity index (χ1v) is 10.00. The van der Waals surface area contributed by atoms with E-state index in [9.17, 15) is 9.59 Å². The maximum atomic E-state index is 12.6. The number of ether oxygens (including phenoxy) is 1. The predicted molar refractivity (Wildman–Crippen MR) is 108 cm³/mol. The third kappa shape index (κ3) is 4.88. The Kier molecular flexibility index (Phi) is 6.63. The van der Waals surface area contributed by atoms with Crippen molar-refractivity contribution in [2.45, 2.75) is 31.9 Å². The van der Waals surface area contributed by atoms with Crippen molar-refractivity contribution in [3.63, 3.8) is 0 Å².